The van der Waals surface area contributed by atoms with Crippen LogP contribution < -0.4 is 15.4 Å². The molecule has 1 atom stereocenters. The number of hydrogen-bond acceptors (Lipinski definition) is 8. The van der Waals surface area contributed by atoms with Gasteiger partial charge in [-0.15, -0.1) is 5.10 Å². The number of rotatable bonds is 7. The maximum atomic E-state index is 15.0. The highest BCUT2D eigenvalue weighted by atomic mass is 19.1. The number of piperidine rings is 1. The zero-order valence-electron chi connectivity index (χ0n) is 22.9. The average molecular weight is 548 g/mol. The number of nitrogens with zero attached hydrogens (tertiary/aromatic N) is 6. The molecule has 210 valence electrons. The quantitative estimate of drug-likeness (QED) is 0.321. The smallest absolute Gasteiger partial charge is 0.256 e. The monoisotopic (exact) mass is 547 g/mol. The first-order chi connectivity index (χ1) is 19.4. The third-order valence-electron chi connectivity index (χ3n) is 7.96. The van der Waals surface area contributed by atoms with Gasteiger partial charge in [0.2, 0.25) is 11.9 Å². The number of fused-ring (bicyclic) bond motifs is 1. The standard InChI is InChI=1S/C28H34FN9O2/c1-36-12-9-17(10-13-36)38-11-5-8-23(38)26(39)32-21-7-4-6-18-19(14-30-25(18)21)24-20(29)15-31-28(34-24)33-22-16-37(2)35-27(22)40-3/h4,6-7,14-17,23,30H,5,8-13H2,1-3H3,(H,32,39)(H,31,33,34). The summed E-state index contributed by atoms with van der Waals surface area (Å²) in [5.41, 5.74) is 2.65. The minimum atomic E-state index is -0.557. The number of ether oxygens (including phenoxy) is 1. The molecule has 2 fully saturated rings. The number of H-pyrrole nitrogens is 1. The van der Waals surface area contributed by atoms with Gasteiger partial charge in [0.1, 0.15) is 11.4 Å². The zero-order chi connectivity index (χ0) is 27.8. The molecule has 0 aliphatic carbocycles. The largest absolute Gasteiger partial charge is 0.478 e. The Labute approximate surface area is 231 Å². The summed E-state index contributed by atoms with van der Waals surface area (Å²) in [7, 11) is 5.44. The molecule has 0 saturated carbocycles. The van der Waals surface area contributed by atoms with Crippen LogP contribution in [-0.2, 0) is 11.8 Å². The highest BCUT2D eigenvalue weighted by molar-refractivity contribution is 6.06. The Morgan fingerprint density at radius 3 is 2.77 bits per heavy atom. The number of aryl methyl sites for hydroxylation is 1. The van der Waals surface area contributed by atoms with Crippen LogP contribution in [0.5, 0.6) is 5.88 Å². The Balaban J connectivity index is 1.24. The van der Waals surface area contributed by atoms with E-state index in [1.54, 1.807) is 24.1 Å². The highest BCUT2D eigenvalue weighted by Gasteiger charge is 2.36. The van der Waals surface area contributed by atoms with E-state index in [1.165, 1.54) is 7.11 Å². The maximum absolute atomic E-state index is 15.0. The molecule has 1 amide bonds. The van der Waals surface area contributed by atoms with E-state index in [2.05, 4.69) is 47.5 Å². The number of methoxy groups -OCH3 is 1. The van der Waals surface area contributed by atoms with Crippen molar-refractivity contribution in [2.24, 2.45) is 7.05 Å². The number of halogens is 1. The van der Waals surface area contributed by atoms with E-state index < -0.39 is 5.82 Å². The number of amides is 1. The molecular weight excluding hydrogens is 513 g/mol. The van der Waals surface area contributed by atoms with E-state index in [1.807, 2.05) is 18.2 Å². The van der Waals surface area contributed by atoms with E-state index in [0.717, 1.165) is 62.4 Å². The molecule has 2 aliphatic heterocycles. The molecule has 1 aromatic carbocycles. The number of carbonyl (C=O) groups excluding carboxylic acids is 1. The summed E-state index contributed by atoms with van der Waals surface area (Å²) in [4.78, 5) is 30.0. The van der Waals surface area contributed by atoms with Gasteiger partial charge in [-0.3, -0.25) is 14.4 Å². The van der Waals surface area contributed by atoms with Crippen LogP contribution in [0.25, 0.3) is 22.2 Å². The molecule has 3 N–H and O–H groups in total. The number of anilines is 3. The number of aromatic nitrogens is 5. The normalized spacial score (nSPS) is 18.9. The molecule has 4 aromatic rings. The minimum absolute atomic E-state index is 0.00481. The van der Waals surface area contributed by atoms with Crippen LogP contribution in [0.2, 0.25) is 0 Å². The predicted octanol–water partition coefficient (Wildman–Crippen LogP) is 3.75. The second-order valence-electron chi connectivity index (χ2n) is 10.6. The van der Waals surface area contributed by atoms with Crippen molar-refractivity contribution in [1.82, 2.24) is 34.5 Å². The summed E-state index contributed by atoms with van der Waals surface area (Å²) >= 11 is 0. The fraction of sp³-hybridized carbons (Fsp3) is 0.429. The lowest BCUT2D eigenvalue weighted by Gasteiger charge is -2.37. The molecule has 11 nitrogen and oxygen atoms in total. The second kappa shape index (κ2) is 10.9. The number of likely N-dealkylation sites (tertiary alicyclic amines) is 2. The van der Waals surface area contributed by atoms with Gasteiger partial charge < -0.3 is 25.3 Å². The third-order valence-corrected chi connectivity index (χ3v) is 7.96. The number of aromatic amines is 1. The first kappa shape index (κ1) is 26.2. The third kappa shape index (κ3) is 5.00. The van der Waals surface area contributed by atoms with Gasteiger partial charge in [-0.2, -0.15) is 0 Å². The van der Waals surface area contributed by atoms with E-state index in [9.17, 15) is 4.79 Å². The first-order valence-corrected chi connectivity index (χ1v) is 13.6. The van der Waals surface area contributed by atoms with Crippen molar-refractivity contribution in [3.63, 3.8) is 0 Å². The molecule has 6 rings (SSSR count). The number of para-hydroxylation sites is 1. The Kier molecular flexibility index (Phi) is 7.11. The van der Waals surface area contributed by atoms with Gasteiger partial charge in [0.05, 0.1) is 36.7 Å². The fourth-order valence-corrected chi connectivity index (χ4v) is 5.95. The Hall–Kier alpha value is -4.03. The van der Waals surface area contributed by atoms with Crippen molar-refractivity contribution in [1.29, 1.82) is 0 Å². The van der Waals surface area contributed by atoms with Gasteiger partial charge >= 0.3 is 0 Å². The van der Waals surface area contributed by atoms with Crippen molar-refractivity contribution in [2.75, 3.05) is 44.4 Å². The van der Waals surface area contributed by atoms with Crippen LogP contribution in [0.4, 0.5) is 21.7 Å². The summed E-state index contributed by atoms with van der Waals surface area (Å²) in [6, 6.07) is 5.91. The number of carbonyl (C=O) groups is 1. The minimum Gasteiger partial charge on any atom is -0.478 e. The average Bonchev–Trinajstić information content (AvgIpc) is 3.69. The van der Waals surface area contributed by atoms with Crippen LogP contribution in [0.3, 0.4) is 0 Å². The van der Waals surface area contributed by atoms with E-state index in [-0.39, 0.29) is 23.6 Å². The first-order valence-electron chi connectivity index (χ1n) is 13.6. The van der Waals surface area contributed by atoms with Crippen molar-refractivity contribution >= 4 is 34.1 Å². The molecule has 0 spiro atoms. The van der Waals surface area contributed by atoms with Crippen LogP contribution in [0.1, 0.15) is 25.7 Å². The van der Waals surface area contributed by atoms with Crippen LogP contribution >= 0.6 is 0 Å². The second-order valence-corrected chi connectivity index (χ2v) is 10.6. The summed E-state index contributed by atoms with van der Waals surface area (Å²) in [5.74, 6) is 0.0294. The van der Waals surface area contributed by atoms with E-state index in [4.69, 9.17) is 4.74 Å². The van der Waals surface area contributed by atoms with Gasteiger partial charge in [-0.05, 0) is 58.4 Å². The number of nitrogens with one attached hydrogen (secondary N) is 3. The molecule has 1 unspecified atom stereocenters. The molecular formula is C28H34FN9O2. The molecule has 0 radical (unpaired) electrons. The summed E-state index contributed by atoms with van der Waals surface area (Å²) in [5, 5.41) is 11.2. The van der Waals surface area contributed by atoms with Gasteiger partial charge in [-0.25, -0.2) is 14.4 Å². The summed E-state index contributed by atoms with van der Waals surface area (Å²) in [6.07, 6.45) is 8.62. The van der Waals surface area contributed by atoms with E-state index >= 15 is 4.39 Å². The van der Waals surface area contributed by atoms with Crippen LogP contribution in [0.15, 0.2) is 36.8 Å². The van der Waals surface area contributed by atoms with Gasteiger partial charge in [0.25, 0.3) is 5.88 Å². The van der Waals surface area contributed by atoms with Crippen molar-refractivity contribution in [3.05, 3.63) is 42.6 Å². The molecule has 12 heteroatoms. The van der Waals surface area contributed by atoms with Gasteiger partial charge in [0.15, 0.2) is 5.82 Å². The molecule has 0 bridgehead atoms. The van der Waals surface area contributed by atoms with Crippen molar-refractivity contribution in [2.45, 2.75) is 37.8 Å². The van der Waals surface area contributed by atoms with Crippen molar-refractivity contribution in [3.8, 4) is 17.1 Å². The number of hydrogen-bond donors (Lipinski definition) is 3. The van der Waals surface area contributed by atoms with Crippen LogP contribution in [-0.4, -0.2) is 86.3 Å². The summed E-state index contributed by atoms with van der Waals surface area (Å²) in [6.45, 7) is 3.08. The predicted molar refractivity (Wildman–Crippen MR) is 151 cm³/mol. The molecule has 2 aliphatic rings. The fourth-order valence-electron chi connectivity index (χ4n) is 5.95. The Morgan fingerprint density at radius 2 is 1.98 bits per heavy atom. The Bertz CT molecular complexity index is 1530. The number of benzene rings is 1. The lowest BCUT2D eigenvalue weighted by Crippen LogP contribution is -2.49. The molecule has 3 aromatic heterocycles. The van der Waals surface area contributed by atoms with Crippen LogP contribution in [0, 0.1) is 5.82 Å². The highest BCUT2D eigenvalue weighted by Crippen LogP contribution is 2.34. The van der Waals surface area contributed by atoms with E-state index in [0.29, 0.717) is 28.9 Å². The van der Waals surface area contributed by atoms with Crippen molar-refractivity contribution < 1.29 is 13.9 Å². The SMILES string of the molecule is COc1nn(C)cc1Nc1ncc(F)c(-c2c[nH]c3c(NC(=O)C4CCCN4C4CCN(C)CC4)cccc23)n1. The summed E-state index contributed by atoms with van der Waals surface area (Å²) < 4.78 is 21.9. The topological polar surface area (TPSA) is 116 Å². The lowest BCUT2D eigenvalue weighted by atomic mass is 10.0. The zero-order valence-corrected chi connectivity index (χ0v) is 22.9. The maximum Gasteiger partial charge on any atom is 0.256 e. The molecule has 5 heterocycles. The Morgan fingerprint density at radius 1 is 1.15 bits per heavy atom. The van der Waals surface area contributed by atoms with Gasteiger partial charge in [0, 0.05) is 30.2 Å². The van der Waals surface area contributed by atoms with Gasteiger partial charge in [-0.1, -0.05) is 12.1 Å². The lowest BCUT2D eigenvalue weighted by molar-refractivity contribution is -0.121. The molecule has 2 saturated heterocycles. The molecule has 40 heavy (non-hydrogen) atoms.